The number of sulfonamides is 1. The molecule has 0 aliphatic carbocycles. The number of hydrogen-bond acceptors (Lipinski definition) is 5. The van der Waals surface area contributed by atoms with E-state index in [0.29, 0.717) is 0 Å². The van der Waals surface area contributed by atoms with Gasteiger partial charge < -0.3 is 10.1 Å². The number of nitrogens with zero attached hydrogens (tertiary/aromatic N) is 1. The van der Waals surface area contributed by atoms with Gasteiger partial charge >= 0.3 is 5.97 Å². The van der Waals surface area contributed by atoms with Crippen LogP contribution in [0.1, 0.15) is 24.2 Å². The highest BCUT2D eigenvalue weighted by atomic mass is 32.2. The number of hydrogen-bond donors (Lipinski definition) is 1. The highest BCUT2D eigenvalue weighted by Gasteiger charge is 2.30. The smallest absolute Gasteiger partial charge is 0.340 e. The molecular weight excluding hydrogens is 387 g/mol. The van der Waals surface area contributed by atoms with Crippen molar-refractivity contribution in [3.8, 4) is 0 Å². The minimum atomic E-state index is -3.89. The van der Waals surface area contributed by atoms with Crippen molar-refractivity contribution in [3.63, 3.8) is 0 Å². The zero-order valence-corrected chi connectivity index (χ0v) is 16.5. The topological polar surface area (TPSA) is 92.8 Å². The molecule has 1 amide bonds. The summed E-state index contributed by atoms with van der Waals surface area (Å²) in [4.78, 5) is 24.8. The molecule has 9 heteroatoms. The summed E-state index contributed by atoms with van der Waals surface area (Å²) in [6.45, 7) is 3.19. The van der Waals surface area contributed by atoms with Gasteiger partial charge in [-0.25, -0.2) is 17.6 Å². The maximum atomic E-state index is 13.6. The van der Waals surface area contributed by atoms with E-state index in [1.54, 1.807) is 19.1 Å². The minimum Gasteiger partial charge on any atom is -0.462 e. The summed E-state index contributed by atoms with van der Waals surface area (Å²) in [6.07, 6.45) is 0.925. The van der Waals surface area contributed by atoms with Gasteiger partial charge in [0.25, 0.3) is 0 Å². The average Bonchev–Trinajstić information content (AvgIpc) is 2.61. The highest BCUT2D eigenvalue weighted by Crippen LogP contribution is 2.23. The lowest BCUT2D eigenvalue weighted by Crippen LogP contribution is -2.45. The van der Waals surface area contributed by atoms with Gasteiger partial charge in [0.05, 0.1) is 29.8 Å². The molecule has 2 aromatic rings. The summed E-state index contributed by atoms with van der Waals surface area (Å²) in [6, 6.07) is 9.95. The molecule has 0 bridgehead atoms. The van der Waals surface area contributed by atoms with Crippen LogP contribution < -0.4 is 9.62 Å². The Morgan fingerprint density at radius 1 is 1.18 bits per heavy atom. The molecule has 0 saturated carbocycles. The van der Waals surface area contributed by atoms with Crippen molar-refractivity contribution in [2.75, 3.05) is 22.5 Å². The zero-order valence-electron chi connectivity index (χ0n) is 15.7. The molecule has 1 N–H and O–H groups in total. The van der Waals surface area contributed by atoms with Gasteiger partial charge in [-0.3, -0.25) is 9.10 Å². The monoisotopic (exact) mass is 408 g/mol. The second-order valence-corrected chi connectivity index (χ2v) is 7.83. The first-order chi connectivity index (χ1) is 13.1. The first kappa shape index (κ1) is 21.4. The van der Waals surface area contributed by atoms with Crippen LogP contribution in [0.3, 0.4) is 0 Å². The van der Waals surface area contributed by atoms with Crippen molar-refractivity contribution in [2.45, 2.75) is 19.9 Å². The Morgan fingerprint density at radius 2 is 1.86 bits per heavy atom. The fourth-order valence-corrected chi connectivity index (χ4v) is 3.80. The second-order valence-electron chi connectivity index (χ2n) is 5.97. The molecule has 0 fully saturated rings. The van der Waals surface area contributed by atoms with E-state index in [4.69, 9.17) is 4.74 Å². The number of benzene rings is 2. The SMILES string of the molecule is CCOC(=O)c1ccccc1NC(=O)[C@H](C)N(c1cccc(F)c1)S(C)(=O)=O. The minimum absolute atomic E-state index is 0.0174. The Hall–Kier alpha value is -2.94. The van der Waals surface area contributed by atoms with E-state index in [1.165, 1.54) is 37.3 Å². The first-order valence-electron chi connectivity index (χ1n) is 8.47. The molecule has 1 atom stereocenters. The van der Waals surface area contributed by atoms with E-state index in [9.17, 15) is 22.4 Å². The van der Waals surface area contributed by atoms with Gasteiger partial charge in [0.1, 0.15) is 11.9 Å². The van der Waals surface area contributed by atoms with Crippen molar-refractivity contribution < 1.29 is 27.1 Å². The van der Waals surface area contributed by atoms with Gasteiger partial charge in [0, 0.05) is 0 Å². The van der Waals surface area contributed by atoms with E-state index in [2.05, 4.69) is 5.32 Å². The predicted octanol–water partition coefficient (Wildman–Crippen LogP) is 2.80. The number of rotatable bonds is 7. The van der Waals surface area contributed by atoms with Crippen molar-refractivity contribution in [1.29, 1.82) is 0 Å². The van der Waals surface area contributed by atoms with E-state index < -0.39 is 33.8 Å². The molecule has 0 heterocycles. The number of amides is 1. The molecule has 0 aliphatic heterocycles. The highest BCUT2D eigenvalue weighted by molar-refractivity contribution is 7.92. The molecule has 2 rings (SSSR count). The molecule has 0 spiro atoms. The van der Waals surface area contributed by atoms with E-state index >= 15 is 0 Å². The Balaban J connectivity index is 2.34. The molecule has 150 valence electrons. The maximum Gasteiger partial charge on any atom is 0.340 e. The standard InChI is InChI=1S/C19H21FN2O5S/c1-4-27-19(24)16-10-5-6-11-17(16)21-18(23)13(2)22(28(3,25)26)15-9-7-8-14(20)12-15/h5-13H,4H2,1-3H3,(H,21,23)/t13-/m0/s1. The van der Waals surface area contributed by atoms with Crippen LogP contribution in [0.15, 0.2) is 48.5 Å². The molecule has 0 aliphatic rings. The van der Waals surface area contributed by atoms with Gasteiger partial charge in [0.15, 0.2) is 0 Å². The van der Waals surface area contributed by atoms with Gasteiger partial charge in [-0.05, 0) is 44.2 Å². The molecule has 2 aromatic carbocycles. The van der Waals surface area contributed by atoms with Gasteiger partial charge in [-0.1, -0.05) is 18.2 Å². The van der Waals surface area contributed by atoms with Crippen LogP contribution in [0.5, 0.6) is 0 Å². The number of carbonyl (C=O) groups is 2. The predicted molar refractivity (Wildman–Crippen MR) is 104 cm³/mol. The molecule has 0 unspecified atom stereocenters. The van der Waals surface area contributed by atoms with Crippen molar-refractivity contribution >= 4 is 33.3 Å². The Morgan fingerprint density at radius 3 is 2.46 bits per heavy atom. The van der Waals surface area contributed by atoms with E-state index in [1.807, 2.05) is 0 Å². The molecule has 7 nitrogen and oxygen atoms in total. The zero-order chi connectivity index (χ0) is 20.9. The summed E-state index contributed by atoms with van der Waals surface area (Å²) in [5, 5.41) is 2.55. The number of anilines is 2. The van der Waals surface area contributed by atoms with Crippen LogP contribution in [0, 0.1) is 5.82 Å². The third kappa shape index (κ3) is 5.07. The normalized spacial score (nSPS) is 12.1. The summed E-state index contributed by atoms with van der Waals surface area (Å²) in [7, 11) is -3.89. The van der Waals surface area contributed by atoms with Crippen LogP contribution >= 0.6 is 0 Å². The number of para-hydroxylation sites is 1. The van der Waals surface area contributed by atoms with Crippen LogP contribution in [0.2, 0.25) is 0 Å². The number of nitrogens with one attached hydrogen (secondary N) is 1. The molecule has 28 heavy (non-hydrogen) atoms. The Kier molecular flexibility index (Phi) is 6.74. The summed E-state index contributed by atoms with van der Waals surface area (Å²) in [5.74, 6) is -1.94. The van der Waals surface area contributed by atoms with Crippen LogP contribution in [-0.4, -0.2) is 39.2 Å². The Labute approximate surface area is 163 Å². The second kappa shape index (κ2) is 8.83. The Bertz CT molecular complexity index is 978. The number of esters is 1. The fourth-order valence-electron chi connectivity index (χ4n) is 2.64. The lowest BCUT2D eigenvalue weighted by Gasteiger charge is -2.28. The number of halogens is 1. The molecule has 0 radical (unpaired) electrons. The van der Waals surface area contributed by atoms with Crippen LogP contribution in [0.4, 0.5) is 15.8 Å². The maximum absolute atomic E-state index is 13.6. The van der Waals surface area contributed by atoms with E-state index in [-0.39, 0.29) is 23.5 Å². The third-order valence-electron chi connectivity index (χ3n) is 3.83. The average molecular weight is 408 g/mol. The number of carbonyl (C=O) groups excluding carboxylic acids is 2. The van der Waals surface area contributed by atoms with Crippen LogP contribution in [-0.2, 0) is 19.6 Å². The molecular formula is C19H21FN2O5S. The van der Waals surface area contributed by atoms with E-state index in [0.717, 1.165) is 16.6 Å². The molecule has 0 saturated heterocycles. The van der Waals surface area contributed by atoms with Crippen LogP contribution in [0.25, 0.3) is 0 Å². The lowest BCUT2D eigenvalue weighted by molar-refractivity contribution is -0.116. The third-order valence-corrected chi connectivity index (χ3v) is 5.07. The largest absolute Gasteiger partial charge is 0.462 e. The number of ether oxygens (including phenoxy) is 1. The fraction of sp³-hybridized carbons (Fsp3) is 0.263. The van der Waals surface area contributed by atoms with Gasteiger partial charge in [-0.2, -0.15) is 0 Å². The first-order valence-corrected chi connectivity index (χ1v) is 10.3. The van der Waals surface area contributed by atoms with Gasteiger partial charge in [0.2, 0.25) is 15.9 Å². The van der Waals surface area contributed by atoms with Crippen molar-refractivity contribution in [2.24, 2.45) is 0 Å². The molecule has 0 aromatic heterocycles. The summed E-state index contributed by atoms with van der Waals surface area (Å²) in [5.41, 5.74) is 0.343. The lowest BCUT2D eigenvalue weighted by atomic mass is 10.1. The summed E-state index contributed by atoms with van der Waals surface area (Å²) < 4.78 is 43.8. The summed E-state index contributed by atoms with van der Waals surface area (Å²) >= 11 is 0. The van der Waals surface area contributed by atoms with Crippen molar-refractivity contribution in [1.82, 2.24) is 0 Å². The van der Waals surface area contributed by atoms with Crippen molar-refractivity contribution in [3.05, 3.63) is 59.9 Å². The van der Waals surface area contributed by atoms with Gasteiger partial charge in [-0.15, -0.1) is 0 Å². The quantitative estimate of drug-likeness (QED) is 0.711.